The maximum Gasteiger partial charge on any atom is 0.243 e. The fourth-order valence-corrected chi connectivity index (χ4v) is 4.68. The molecule has 1 fully saturated rings. The molecule has 1 saturated heterocycles. The van der Waals surface area contributed by atoms with Crippen LogP contribution < -0.4 is 11.1 Å². The lowest BCUT2D eigenvalue weighted by atomic mass is 9.86. The number of likely N-dealkylation sites (tertiary alicyclic amines) is 1. The molecule has 4 N–H and O–H groups in total. The third-order valence-electron chi connectivity index (χ3n) is 7.28. The molecule has 0 aliphatic carbocycles. The van der Waals surface area contributed by atoms with Crippen LogP contribution in [-0.4, -0.2) is 61.5 Å². The molecule has 0 spiro atoms. The minimum absolute atomic E-state index is 0.0107. The van der Waals surface area contributed by atoms with Crippen LogP contribution in [-0.2, 0) is 14.0 Å². The molecule has 194 valence electrons. The van der Waals surface area contributed by atoms with Gasteiger partial charge in [-0.25, -0.2) is 0 Å². The fourth-order valence-electron chi connectivity index (χ4n) is 3.66. The number of β-amino-alcohol motifs (C(OH)–C–C–N with tert-alkyl or cyclic N) is 1. The number of aliphatic hydroxyl groups excluding tert-OH is 1. The summed E-state index contributed by atoms with van der Waals surface area (Å²) in [4.78, 5) is 28.0. The van der Waals surface area contributed by atoms with Crippen LogP contribution in [0.5, 0.6) is 0 Å². The molecule has 35 heavy (non-hydrogen) atoms. The smallest absolute Gasteiger partial charge is 0.243 e. The van der Waals surface area contributed by atoms with Crippen LogP contribution in [0.4, 0.5) is 0 Å². The van der Waals surface area contributed by atoms with Crippen LogP contribution >= 0.6 is 0 Å². The van der Waals surface area contributed by atoms with Gasteiger partial charge in [-0.05, 0) is 41.2 Å². The molecule has 7 nitrogen and oxygen atoms in total. The van der Waals surface area contributed by atoms with Gasteiger partial charge in [-0.2, -0.15) is 0 Å². The molecule has 0 bridgehead atoms. The molecule has 2 rings (SSSR count). The van der Waals surface area contributed by atoms with E-state index in [0.717, 1.165) is 11.1 Å². The van der Waals surface area contributed by atoms with E-state index in [9.17, 15) is 14.7 Å². The minimum Gasteiger partial charge on any atom is -0.414 e. The standard InChI is InChI=1S/C27H43N3O4Si/c1-10-18-11-13-19(14-12-18)21(17-34-35(8,9)27(5,6)7)29-24(32)22-15-20(31)16-30(22)25(33)23(28)26(2,3)4/h1,11-14,20-23,31H,15-17,28H2,2-9H3,(H,29,32)/t20-,21+,22+,23-/m1/s1. The van der Waals surface area contributed by atoms with Crippen molar-refractivity contribution >= 4 is 20.1 Å². The van der Waals surface area contributed by atoms with Gasteiger partial charge in [0, 0.05) is 18.5 Å². The van der Waals surface area contributed by atoms with Crippen LogP contribution in [0.2, 0.25) is 18.1 Å². The molecule has 1 aromatic carbocycles. The van der Waals surface area contributed by atoms with Gasteiger partial charge in [0.2, 0.25) is 11.8 Å². The van der Waals surface area contributed by atoms with E-state index in [1.165, 1.54) is 4.90 Å². The predicted octanol–water partition coefficient (Wildman–Crippen LogP) is 3.18. The molecular formula is C27H43N3O4Si. The van der Waals surface area contributed by atoms with Crippen molar-refractivity contribution in [1.29, 1.82) is 0 Å². The van der Waals surface area contributed by atoms with E-state index in [1.54, 1.807) is 0 Å². The number of benzene rings is 1. The minimum atomic E-state index is -2.08. The van der Waals surface area contributed by atoms with Crippen molar-refractivity contribution in [2.24, 2.45) is 11.1 Å². The van der Waals surface area contributed by atoms with Crippen molar-refractivity contribution in [3.8, 4) is 12.3 Å². The number of hydrogen-bond acceptors (Lipinski definition) is 5. The molecule has 0 radical (unpaired) electrons. The lowest BCUT2D eigenvalue weighted by Gasteiger charge is -2.38. The highest BCUT2D eigenvalue weighted by atomic mass is 28.4. The summed E-state index contributed by atoms with van der Waals surface area (Å²) >= 11 is 0. The van der Waals surface area contributed by atoms with Crippen molar-refractivity contribution in [1.82, 2.24) is 10.2 Å². The predicted molar refractivity (Wildman–Crippen MR) is 142 cm³/mol. The van der Waals surface area contributed by atoms with Gasteiger partial charge in [0.25, 0.3) is 0 Å². The van der Waals surface area contributed by atoms with Gasteiger partial charge < -0.3 is 25.5 Å². The molecule has 1 aliphatic rings. The van der Waals surface area contributed by atoms with E-state index in [-0.39, 0.29) is 29.8 Å². The summed E-state index contributed by atoms with van der Waals surface area (Å²) in [6.45, 7) is 16.8. The summed E-state index contributed by atoms with van der Waals surface area (Å²) in [5.41, 5.74) is 7.34. The first kappa shape index (κ1) is 29.0. The first-order valence-corrected chi connectivity index (χ1v) is 15.1. The number of rotatable bonds is 7. The molecular weight excluding hydrogens is 458 g/mol. The summed E-state index contributed by atoms with van der Waals surface area (Å²) in [7, 11) is -2.08. The van der Waals surface area contributed by atoms with Crippen molar-refractivity contribution in [3.05, 3.63) is 35.4 Å². The normalized spacial score (nSPS) is 20.8. The van der Waals surface area contributed by atoms with Crippen LogP contribution in [0.15, 0.2) is 24.3 Å². The lowest BCUT2D eigenvalue weighted by Crippen LogP contribution is -2.55. The summed E-state index contributed by atoms with van der Waals surface area (Å²) in [6.07, 6.45) is 4.89. The van der Waals surface area contributed by atoms with Crippen molar-refractivity contribution in [2.45, 2.75) is 90.3 Å². The highest BCUT2D eigenvalue weighted by molar-refractivity contribution is 6.74. The third kappa shape index (κ3) is 7.17. The van der Waals surface area contributed by atoms with Gasteiger partial charge in [0.15, 0.2) is 8.32 Å². The third-order valence-corrected chi connectivity index (χ3v) is 11.8. The Morgan fingerprint density at radius 2 is 1.80 bits per heavy atom. The first-order valence-electron chi connectivity index (χ1n) is 12.2. The quantitative estimate of drug-likeness (QED) is 0.393. The SMILES string of the molecule is C#Cc1ccc([C@H](CO[Si](C)(C)C(C)(C)C)NC(=O)[C@@H]2C[C@@H](O)CN2C(=O)[C@@H](N)C(C)(C)C)cc1. The Labute approximate surface area is 211 Å². The zero-order valence-corrected chi connectivity index (χ0v) is 23.5. The molecule has 1 heterocycles. The average molecular weight is 502 g/mol. The van der Waals surface area contributed by atoms with E-state index in [1.807, 2.05) is 45.0 Å². The Hall–Kier alpha value is -2.18. The second-order valence-corrected chi connectivity index (χ2v) is 16.9. The van der Waals surface area contributed by atoms with E-state index < -0.39 is 38.0 Å². The second-order valence-electron chi connectivity index (χ2n) is 12.1. The largest absolute Gasteiger partial charge is 0.414 e. The van der Waals surface area contributed by atoms with Gasteiger partial charge in [0.05, 0.1) is 24.8 Å². The number of terminal acetylenes is 1. The zero-order chi connectivity index (χ0) is 26.8. The number of amides is 2. The number of carbonyl (C=O) groups is 2. The molecule has 1 aliphatic heterocycles. The number of hydrogen-bond donors (Lipinski definition) is 3. The number of aliphatic hydroxyl groups is 1. The lowest BCUT2D eigenvalue weighted by molar-refractivity contribution is -0.141. The van der Waals surface area contributed by atoms with Gasteiger partial charge in [-0.1, -0.05) is 59.6 Å². The number of nitrogens with zero attached hydrogens (tertiary/aromatic N) is 1. The number of nitrogens with one attached hydrogen (secondary N) is 1. The van der Waals surface area contributed by atoms with E-state index in [2.05, 4.69) is 45.1 Å². The van der Waals surface area contributed by atoms with Gasteiger partial charge >= 0.3 is 0 Å². The molecule has 0 aromatic heterocycles. The van der Waals surface area contributed by atoms with Crippen LogP contribution in [0, 0.1) is 17.8 Å². The maximum absolute atomic E-state index is 13.5. The molecule has 1 aromatic rings. The van der Waals surface area contributed by atoms with Crippen LogP contribution in [0.1, 0.15) is 65.1 Å². The highest BCUT2D eigenvalue weighted by Crippen LogP contribution is 2.37. The Morgan fingerprint density at radius 1 is 1.23 bits per heavy atom. The first-order chi connectivity index (χ1) is 16.0. The Balaban J connectivity index is 2.29. The topological polar surface area (TPSA) is 105 Å². The molecule has 4 atom stereocenters. The Morgan fingerprint density at radius 3 is 2.29 bits per heavy atom. The van der Waals surface area contributed by atoms with Crippen molar-refractivity contribution < 1.29 is 19.1 Å². The molecule has 0 saturated carbocycles. The fraction of sp³-hybridized carbons (Fsp3) is 0.630. The van der Waals surface area contributed by atoms with E-state index in [0.29, 0.717) is 6.61 Å². The molecule has 2 amide bonds. The van der Waals surface area contributed by atoms with Crippen molar-refractivity contribution in [3.63, 3.8) is 0 Å². The molecule has 0 unspecified atom stereocenters. The van der Waals surface area contributed by atoms with E-state index in [4.69, 9.17) is 16.6 Å². The summed E-state index contributed by atoms with van der Waals surface area (Å²) in [6, 6.07) is 5.42. The Bertz CT molecular complexity index is 941. The zero-order valence-electron chi connectivity index (χ0n) is 22.5. The number of nitrogens with two attached hydrogens (primary N) is 1. The second kappa shape index (κ2) is 10.8. The van der Waals surface area contributed by atoms with Crippen molar-refractivity contribution in [2.75, 3.05) is 13.2 Å². The summed E-state index contributed by atoms with van der Waals surface area (Å²) in [5.74, 6) is 1.94. The Kier molecular flexibility index (Phi) is 8.99. The summed E-state index contributed by atoms with van der Waals surface area (Å²) < 4.78 is 6.44. The van der Waals surface area contributed by atoms with Gasteiger partial charge in [0.1, 0.15) is 6.04 Å². The van der Waals surface area contributed by atoms with Gasteiger partial charge in [-0.3, -0.25) is 9.59 Å². The highest BCUT2D eigenvalue weighted by Gasteiger charge is 2.43. The summed E-state index contributed by atoms with van der Waals surface area (Å²) in [5, 5.41) is 13.4. The average Bonchev–Trinajstić information content (AvgIpc) is 3.16. The van der Waals surface area contributed by atoms with Crippen LogP contribution in [0.25, 0.3) is 0 Å². The van der Waals surface area contributed by atoms with Crippen LogP contribution in [0.3, 0.4) is 0 Å². The molecule has 8 heteroatoms. The van der Waals surface area contributed by atoms with E-state index >= 15 is 0 Å². The van der Waals surface area contributed by atoms with Gasteiger partial charge in [-0.15, -0.1) is 6.42 Å². The maximum atomic E-state index is 13.5. The number of carbonyl (C=O) groups excluding carboxylic acids is 2. The monoisotopic (exact) mass is 501 g/mol.